The van der Waals surface area contributed by atoms with Gasteiger partial charge < -0.3 is 5.32 Å². The van der Waals surface area contributed by atoms with Crippen LogP contribution in [0.4, 0.5) is 0 Å². The number of amides is 2. The number of rotatable bonds is 2. The summed E-state index contributed by atoms with van der Waals surface area (Å²) in [6.07, 6.45) is 1.68. The van der Waals surface area contributed by atoms with Crippen LogP contribution in [0.1, 0.15) is 26.7 Å². The van der Waals surface area contributed by atoms with Gasteiger partial charge in [-0.1, -0.05) is 13.8 Å². The van der Waals surface area contributed by atoms with Crippen LogP contribution >= 0.6 is 0 Å². The van der Waals surface area contributed by atoms with Gasteiger partial charge >= 0.3 is 0 Å². The third kappa shape index (κ3) is 3.02. The van der Waals surface area contributed by atoms with Gasteiger partial charge in [-0.05, 0) is 25.9 Å². The van der Waals surface area contributed by atoms with Gasteiger partial charge in [-0.2, -0.15) is 0 Å². The van der Waals surface area contributed by atoms with E-state index in [0.29, 0.717) is 0 Å². The van der Waals surface area contributed by atoms with Crippen molar-refractivity contribution >= 4 is 11.8 Å². The van der Waals surface area contributed by atoms with E-state index in [1.165, 1.54) is 4.90 Å². The van der Waals surface area contributed by atoms with E-state index >= 15 is 0 Å². The van der Waals surface area contributed by atoms with Crippen LogP contribution in [0.25, 0.3) is 0 Å². The van der Waals surface area contributed by atoms with E-state index in [1.54, 1.807) is 7.05 Å². The molecule has 1 aliphatic heterocycles. The molecule has 0 aromatic carbocycles. The summed E-state index contributed by atoms with van der Waals surface area (Å²) in [4.78, 5) is 24.8. The predicted molar refractivity (Wildman–Crippen MR) is 58.2 cm³/mol. The van der Waals surface area contributed by atoms with Gasteiger partial charge in [0.05, 0.1) is 0 Å². The molecule has 1 fully saturated rings. The molecule has 0 atom stereocenters. The molecule has 1 aliphatic rings. The van der Waals surface area contributed by atoms with Crippen molar-refractivity contribution < 1.29 is 9.59 Å². The minimum atomic E-state index is -0.110. The zero-order chi connectivity index (χ0) is 11.4. The highest BCUT2D eigenvalue weighted by Crippen LogP contribution is 2.15. The Morgan fingerprint density at radius 1 is 1.27 bits per heavy atom. The molecule has 0 bridgehead atoms. The van der Waals surface area contributed by atoms with Crippen molar-refractivity contribution in [2.45, 2.75) is 26.7 Å². The first-order valence-electron chi connectivity index (χ1n) is 5.56. The maximum absolute atomic E-state index is 11.9. The summed E-state index contributed by atoms with van der Waals surface area (Å²) in [5.74, 6) is -0.187. The molecule has 86 valence electrons. The SMILES string of the molecule is CC(C)C(=O)N(C)C(=O)C1CCNCC1. The van der Waals surface area contributed by atoms with Gasteiger partial charge in [0.2, 0.25) is 11.8 Å². The Labute approximate surface area is 91.0 Å². The molecular formula is C11H20N2O2. The molecule has 15 heavy (non-hydrogen) atoms. The molecule has 0 unspecified atom stereocenters. The lowest BCUT2D eigenvalue weighted by Crippen LogP contribution is -2.43. The molecule has 0 spiro atoms. The number of nitrogens with one attached hydrogen (secondary N) is 1. The van der Waals surface area contributed by atoms with Crippen LogP contribution in [0.3, 0.4) is 0 Å². The minimum Gasteiger partial charge on any atom is -0.317 e. The zero-order valence-electron chi connectivity index (χ0n) is 9.75. The first-order valence-corrected chi connectivity index (χ1v) is 5.56. The highest BCUT2D eigenvalue weighted by molar-refractivity contribution is 5.96. The van der Waals surface area contributed by atoms with Gasteiger partial charge in [0.25, 0.3) is 0 Å². The van der Waals surface area contributed by atoms with Gasteiger partial charge in [0.15, 0.2) is 0 Å². The Hall–Kier alpha value is -0.900. The molecule has 4 nitrogen and oxygen atoms in total. The number of carbonyl (C=O) groups is 2. The van der Waals surface area contributed by atoms with E-state index in [2.05, 4.69) is 5.32 Å². The van der Waals surface area contributed by atoms with E-state index in [0.717, 1.165) is 25.9 Å². The van der Waals surface area contributed by atoms with Crippen molar-refractivity contribution in [1.82, 2.24) is 10.2 Å². The second-order valence-electron chi connectivity index (χ2n) is 4.41. The summed E-state index contributed by atoms with van der Waals surface area (Å²) in [5, 5.41) is 3.20. The summed E-state index contributed by atoms with van der Waals surface area (Å²) >= 11 is 0. The smallest absolute Gasteiger partial charge is 0.232 e. The second-order valence-corrected chi connectivity index (χ2v) is 4.41. The second kappa shape index (κ2) is 5.26. The number of nitrogens with zero attached hydrogens (tertiary/aromatic N) is 1. The van der Waals surface area contributed by atoms with Gasteiger partial charge in [0.1, 0.15) is 0 Å². The molecule has 1 heterocycles. The van der Waals surface area contributed by atoms with Crippen molar-refractivity contribution in [3.63, 3.8) is 0 Å². The van der Waals surface area contributed by atoms with Crippen LogP contribution in [0.15, 0.2) is 0 Å². The number of carbonyl (C=O) groups excluding carboxylic acids is 2. The predicted octanol–water partition coefficient (Wildman–Crippen LogP) is 0.627. The van der Waals surface area contributed by atoms with Crippen LogP contribution in [0, 0.1) is 11.8 Å². The summed E-state index contributed by atoms with van der Waals surface area (Å²) in [5.41, 5.74) is 0. The number of hydrogen-bond acceptors (Lipinski definition) is 3. The minimum absolute atomic E-state index is 0.0183. The number of imide groups is 1. The Bertz CT molecular complexity index is 245. The van der Waals surface area contributed by atoms with E-state index < -0.39 is 0 Å². The average molecular weight is 212 g/mol. The van der Waals surface area contributed by atoms with Crippen LogP contribution in [-0.4, -0.2) is 36.9 Å². The average Bonchev–Trinajstić information content (AvgIpc) is 2.27. The Morgan fingerprint density at radius 3 is 2.27 bits per heavy atom. The summed E-state index contributed by atoms with van der Waals surface area (Å²) in [7, 11) is 1.59. The lowest BCUT2D eigenvalue weighted by molar-refractivity contribution is -0.148. The Balaban J connectivity index is 2.54. The fourth-order valence-electron chi connectivity index (χ4n) is 1.84. The maximum atomic E-state index is 11.9. The Kier molecular flexibility index (Phi) is 4.27. The number of hydrogen-bond donors (Lipinski definition) is 1. The standard InChI is InChI=1S/C11H20N2O2/c1-8(2)10(14)13(3)11(15)9-4-6-12-7-5-9/h8-9,12H,4-7H2,1-3H3. The van der Waals surface area contributed by atoms with Crippen molar-refractivity contribution in [1.29, 1.82) is 0 Å². The van der Waals surface area contributed by atoms with E-state index in [-0.39, 0.29) is 23.7 Å². The molecule has 0 aliphatic carbocycles. The monoisotopic (exact) mass is 212 g/mol. The molecule has 0 aromatic heterocycles. The highest BCUT2D eigenvalue weighted by atomic mass is 16.2. The highest BCUT2D eigenvalue weighted by Gasteiger charge is 2.27. The summed E-state index contributed by atoms with van der Waals surface area (Å²) in [6.45, 7) is 5.38. The molecule has 1 saturated heterocycles. The largest absolute Gasteiger partial charge is 0.317 e. The van der Waals surface area contributed by atoms with E-state index in [4.69, 9.17) is 0 Å². The van der Waals surface area contributed by atoms with Crippen LogP contribution in [0.5, 0.6) is 0 Å². The van der Waals surface area contributed by atoms with Gasteiger partial charge in [0, 0.05) is 18.9 Å². The fraction of sp³-hybridized carbons (Fsp3) is 0.818. The van der Waals surface area contributed by atoms with Crippen LogP contribution < -0.4 is 5.32 Å². The molecule has 0 aromatic rings. The molecular weight excluding hydrogens is 192 g/mol. The molecule has 4 heteroatoms. The zero-order valence-corrected chi connectivity index (χ0v) is 9.75. The van der Waals surface area contributed by atoms with Gasteiger partial charge in [-0.15, -0.1) is 0 Å². The normalized spacial score (nSPS) is 17.9. The van der Waals surface area contributed by atoms with Gasteiger partial charge in [-0.3, -0.25) is 14.5 Å². The van der Waals surface area contributed by atoms with Crippen molar-refractivity contribution in [2.75, 3.05) is 20.1 Å². The summed E-state index contributed by atoms with van der Waals surface area (Å²) < 4.78 is 0. The first kappa shape index (κ1) is 12.2. The number of piperidine rings is 1. The topological polar surface area (TPSA) is 49.4 Å². The van der Waals surface area contributed by atoms with Crippen LogP contribution in [0.2, 0.25) is 0 Å². The third-order valence-electron chi connectivity index (χ3n) is 2.84. The van der Waals surface area contributed by atoms with Crippen molar-refractivity contribution in [2.24, 2.45) is 11.8 Å². The van der Waals surface area contributed by atoms with Crippen molar-refractivity contribution in [3.8, 4) is 0 Å². The molecule has 0 saturated carbocycles. The fourth-order valence-corrected chi connectivity index (χ4v) is 1.84. The first-order chi connectivity index (χ1) is 7.04. The lowest BCUT2D eigenvalue weighted by Gasteiger charge is -2.26. The maximum Gasteiger partial charge on any atom is 0.232 e. The lowest BCUT2D eigenvalue weighted by atomic mass is 9.96. The molecule has 0 radical (unpaired) electrons. The van der Waals surface area contributed by atoms with Crippen molar-refractivity contribution in [3.05, 3.63) is 0 Å². The molecule has 1 N–H and O–H groups in total. The molecule has 1 rings (SSSR count). The Morgan fingerprint density at radius 2 is 1.80 bits per heavy atom. The molecule has 2 amide bonds. The third-order valence-corrected chi connectivity index (χ3v) is 2.84. The van der Waals surface area contributed by atoms with E-state index in [9.17, 15) is 9.59 Å². The quantitative estimate of drug-likeness (QED) is 0.730. The van der Waals surface area contributed by atoms with Gasteiger partial charge in [-0.25, -0.2) is 0 Å². The van der Waals surface area contributed by atoms with E-state index in [1.807, 2.05) is 13.8 Å². The summed E-state index contributed by atoms with van der Waals surface area (Å²) in [6, 6.07) is 0. The van der Waals surface area contributed by atoms with Crippen LogP contribution in [-0.2, 0) is 9.59 Å².